The highest BCUT2D eigenvalue weighted by atomic mass is 79.9. The molecule has 68 valence electrons. The number of rotatable bonds is 3. The molecule has 4 heteroatoms. The average molecular weight is 240 g/mol. The number of terminal acetylenes is 1. The van der Waals surface area contributed by atoms with Gasteiger partial charge in [0.25, 0.3) is 0 Å². The molecule has 0 spiro atoms. The van der Waals surface area contributed by atoms with Crippen molar-refractivity contribution < 1.29 is 0 Å². The van der Waals surface area contributed by atoms with E-state index in [9.17, 15) is 0 Å². The molecule has 1 rings (SSSR count). The smallest absolute Gasteiger partial charge is 0.144 e. The van der Waals surface area contributed by atoms with Gasteiger partial charge in [-0.25, -0.2) is 9.97 Å². The molecule has 0 saturated carbocycles. The second-order valence-corrected chi connectivity index (χ2v) is 3.35. The first-order valence-corrected chi connectivity index (χ1v) is 4.75. The van der Waals surface area contributed by atoms with E-state index >= 15 is 0 Å². The lowest BCUT2D eigenvalue weighted by molar-refractivity contribution is 0.847. The first-order chi connectivity index (χ1) is 6.27. The number of anilines is 1. The van der Waals surface area contributed by atoms with Crippen LogP contribution >= 0.6 is 15.9 Å². The summed E-state index contributed by atoms with van der Waals surface area (Å²) in [6, 6.07) is 0.0196. The molecule has 0 aliphatic heterocycles. The highest BCUT2D eigenvalue weighted by molar-refractivity contribution is 9.10. The van der Waals surface area contributed by atoms with Gasteiger partial charge in [-0.1, -0.05) is 12.8 Å². The molecule has 1 N–H and O–H groups in total. The van der Waals surface area contributed by atoms with E-state index < -0.39 is 0 Å². The molecule has 3 nitrogen and oxygen atoms in total. The van der Waals surface area contributed by atoms with E-state index in [1.54, 1.807) is 6.20 Å². The Bertz CT molecular complexity index is 319. The molecule has 0 bridgehead atoms. The molecule has 1 unspecified atom stereocenters. The largest absolute Gasteiger partial charge is 0.355 e. The van der Waals surface area contributed by atoms with Crippen molar-refractivity contribution in [1.82, 2.24) is 9.97 Å². The summed E-state index contributed by atoms with van der Waals surface area (Å²) in [4.78, 5) is 7.90. The van der Waals surface area contributed by atoms with Gasteiger partial charge >= 0.3 is 0 Å². The van der Waals surface area contributed by atoms with Gasteiger partial charge in [-0.15, -0.1) is 6.42 Å². The summed E-state index contributed by atoms with van der Waals surface area (Å²) in [5.74, 6) is 3.37. The summed E-state index contributed by atoms with van der Waals surface area (Å²) in [6.07, 6.45) is 9.34. The maximum atomic E-state index is 5.31. The lowest BCUT2D eigenvalue weighted by Crippen LogP contribution is -2.16. The normalized spacial score (nSPS) is 11.8. The molecule has 0 aliphatic carbocycles. The van der Waals surface area contributed by atoms with Crippen LogP contribution in [0, 0.1) is 12.3 Å². The molecule has 0 fully saturated rings. The molecule has 0 aromatic carbocycles. The van der Waals surface area contributed by atoms with Crippen molar-refractivity contribution in [3.05, 3.63) is 17.0 Å². The molecular formula is C9H10BrN3. The van der Waals surface area contributed by atoms with Crippen LogP contribution in [-0.2, 0) is 0 Å². The monoisotopic (exact) mass is 239 g/mol. The van der Waals surface area contributed by atoms with Gasteiger partial charge in [0.05, 0.1) is 10.5 Å². The minimum absolute atomic E-state index is 0.0196. The van der Waals surface area contributed by atoms with E-state index in [1.165, 1.54) is 6.33 Å². The van der Waals surface area contributed by atoms with Gasteiger partial charge in [0, 0.05) is 6.20 Å². The van der Waals surface area contributed by atoms with Crippen molar-refractivity contribution in [2.75, 3.05) is 5.32 Å². The topological polar surface area (TPSA) is 37.8 Å². The highest BCUT2D eigenvalue weighted by Gasteiger charge is 2.05. The molecule has 1 atom stereocenters. The van der Waals surface area contributed by atoms with Crippen LogP contribution in [0.15, 0.2) is 17.0 Å². The third-order valence-corrected chi connectivity index (χ3v) is 2.17. The zero-order valence-corrected chi connectivity index (χ0v) is 8.87. The predicted octanol–water partition coefficient (Wildman–Crippen LogP) is 2.06. The summed E-state index contributed by atoms with van der Waals surface area (Å²) in [5.41, 5.74) is 0. The summed E-state index contributed by atoms with van der Waals surface area (Å²) < 4.78 is 0.823. The van der Waals surface area contributed by atoms with Crippen LogP contribution in [0.2, 0.25) is 0 Å². The SMILES string of the molecule is C#CC(CC)Nc1ncncc1Br. The van der Waals surface area contributed by atoms with Crippen molar-refractivity contribution in [2.24, 2.45) is 0 Å². The van der Waals surface area contributed by atoms with Crippen LogP contribution in [-0.4, -0.2) is 16.0 Å². The predicted molar refractivity (Wildman–Crippen MR) is 56.3 cm³/mol. The quantitative estimate of drug-likeness (QED) is 0.822. The molecule has 0 amide bonds. The Morgan fingerprint density at radius 2 is 2.54 bits per heavy atom. The minimum atomic E-state index is 0.0196. The summed E-state index contributed by atoms with van der Waals surface area (Å²) in [7, 11) is 0. The molecular weight excluding hydrogens is 230 g/mol. The third kappa shape index (κ3) is 2.71. The molecule has 13 heavy (non-hydrogen) atoms. The Balaban J connectivity index is 2.74. The van der Waals surface area contributed by atoms with Gasteiger partial charge in [-0.2, -0.15) is 0 Å². The highest BCUT2D eigenvalue weighted by Crippen LogP contribution is 2.18. The van der Waals surface area contributed by atoms with E-state index in [4.69, 9.17) is 6.42 Å². The fourth-order valence-electron chi connectivity index (χ4n) is 0.845. The Kier molecular flexibility index (Phi) is 3.71. The van der Waals surface area contributed by atoms with Gasteiger partial charge in [-0.3, -0.25) is 0 Å². The van der Waals surface area contributed by atoms with Crippen molar-refractivity contribution in [1.29, 1.82) is 0 Å². The van der Waals surface area contributed by atoms with Crippen LogP contribution in [0.5, 0.6) is 0 Å². The standard InChI is InChI=1S/C9H10BrN3/c1-3-7(4-2)13-9-8(10)5-11-6-12-9/h1,5-7H,4H2,2H3,(H,11,12,13). The van der Waals surface area contributed by atoms with E-state index in [0.29, 0.717) is 0 Å². The van der Waals surface area contributed by atoms with Crippen LogP contribution in [0.4, 0.5) is 5.82 Å². The fourth-order valence-corrected chi connectivity index (χ4v) is 1.18. The molecule has 1 aromatic rings. The Hall–Kier alpha value is -1.08. The lowest BCUT2D eigenvalue weighted by Gasteiger charge is -2.11. The number of hydrogen-bond acceptors (Lipinski definition) is 3. The number of nitrogens with zero attached hydrogens (tertiary/aromatic N) is 2. The average Bonchev–Trinajstić information content (AvgIpc) is 2.17. The molecule has 1 heterocycles. The number of hydrogen-bond donors (Lipinski definition) is 1. The zero-order valence-electron chi connectivity index (χ0n) is 7.29. The minimum Gasteiger partial charge on any atom is -0.355 e. The summed E-state index contributed by atoms with van der Waals surface area (Å²) in [6.45, 7) is 2.02. The summed E-state index contributed by atoms with van der Waals surface area (Å²) in [5, 5.41) is 3.11. The third-order valence-electron chi connectivity index (χ3n) is 1.59. The van der Waals surface area contributed by atoms with E-state index in [2.05, 4.69) is 37.1 Å². The van der Waals surface area contributed by atoms with Crippen LogP contribution in [0.25, 0.3) is 0 Å². The van der Waals surface area contributed by atoms with Gasteiger partial charge < -0.3 is 5.32 Å². The number of halogens is 1. The maximum Gasteiger partial charge on any atom is 0.144 e. The Labute approximate surface area is 86.1 Å². The van der Waals surface area contributed by atoms with Gasteiger partial charge in [0.1, 0.15) is 12.1 Å². The number of aromatic nitrogens is 2. The van der Waals surface area contributed by atoms with Gasteiger partial charge in [0.2, 0.25) is 0 Å². The first kappa shape index (κ1) is 10.0. The molecule has 0 aliphatic rings. The second kappa shape index (κ2) is 4.83. The Morgan fingerprint density at radius 3 is 3.08 bits per heavy atom. The van der Waals surface area contributed by atoms with Crippen molar-refractivity contribution in [3.8, 4) is 12.3 Å². The Morgan fingerprint density at radius 1 is 1.77 bits per heavy atom. The number of nitrogens with one attached hydrogen (secondary N) is 1. The first-order valence-electron chi connectivity index (χ1n) is 3.96. The van der Waals surface area contributed by atoms with Gasteiger partial charge in [0.15, 0.2) is 0 Å². The zero-order chi connectivity index (χ0) is 9.68. The van der Waals surface area contributed by atoms with Gasteiger partial charge in [-0.05, 0) is 22.4 Å². The van der Waals surface area contributed by atoms with E-state index in [0.717, 1.165) is 16.7 Å². The van der Waals surface area contributed by atoms with Crippen LogP contribution in [0.1, 0.15) is 13.3 Å². The summed E-state index contributed by atoms with van der Waals surface area (Å²) >= 11 is 3.33. The van der Waals surface area contributed by atoms with Crippen LogP contribution in [0.3, 0.4) is 0 Å². The van der Waals surface area contributed by atoms with E-state index in [1.807, 2.05) is 6.92 Å². The van der Waals surface area contributed by atoms with E-state index in [-0.39, 0.29) is 6.04 Å². The molecule has 1 aromatic heterocycles. The maximum absolute atomic E-state index is 5.31. The lowest BCUT2D eigenvalue weighted by atomic mass is 10.2. The molecule has 0 radical (unpaired) electrons. The fraction of sp³-hybridized carbons (Fsp3) is 0.333. The van der Waals surface area contributed by atoms with Crippen LogP contribution < -0.4 is 5.32 Å². The molecule has 0 saturated heterocycles. The second-order valence-electron chi connectivity index (χ2n) is 2.49. The van der Waals surface area contributed by atoms with Crippen molar-refractivity contribution in [2.45, 2.75) is 19.4 Å². The van der Waals surface area contributed by atoms with Crippen molar-refractivity contribution in [3.63, 3.8) is 0 Å². The van der Waals surface area contributed by atoms with Crippen molar-refractivity contribution >= 4 is 21.7 Å².